The fourth-order valence-electron chi connectivity index (χ4n) is 4.14. The molecule has 7 heteroatoms. The normalized spacial score (nSPS) is 19.2. The van der Waals surface area contributed by atoms with E-state index in [0.717, 1.165) is 41.2 Å². The molecule has 7 nitrogen and oxygen atoms in total. The topological polar surface area (TPSA) is 74.4 Å². The van der Waals surface area contributed by atoms with E-state index in [4.69, 9.17) is 14.5 Å². The van der Waals surface area contributed by atoms with Crippen LogP contribution in [-0.2, 0) is 4.74 Å². The number of tetrazole rings is 1. The lowest BCUT2D eigenvalue weighted by atomic mass is 9.95. The van der Waals surface area contributed by atoms with Gasteiger partial charge in [0.1, 0.15) is 5.75 Å². The number of aliphatic imine (C=N–C) groups is 1. The summed E-state index contributed by atoms with van der Waals surface area (Å²) >= 11 is 0. The first kappa shape index (κ1) is 17.8. The number of fused-ring (bicyclic) bond motifs is 1. The van der Waals surface area contributed by atoms with Gasteiger partial charge in [0.05, 0.1) is 18.8 Å². The third kappa shape index (κ3) is 3.37. The van der Waals surface area contributed by atoms with Crippen molar-refractivity contribution < 1.29 is 9.47 Å². The highest BCUT2D eigenvalue weighted by atomic mass is 16.5. The fourth-order valence-corrected chi connectivity index (χ4v) is 4.14. The molecule has 1 saturated carbocycles. The van der Waals surface area contributed by atoms with Crippen molar-refractivity contribution in [2.45, 2.75) is 44.2 Å². The molecular weight excluding hydrogens is 366 g/mol. The van der Waals surface area contributed by atoms with Crippen molar-refractivity contribution in [3.63, 3.8) is 0 Å². The molecule has 148 valence electrons. The Morgan fingerprint density at radius 1 is 1.00 bits per heavy atom. The Morgan fingerprint density at radius 3 is 2.59 bits per heavy atom. The van der Waals surface area contributed by atoms with Crippen molar-refractivity contribution in [1.29, 1.82) is 0 Å². The quantitative estimate of drug-likeness (QED) is 0.662. The second kappa shape index (κ2) is 7.66. The fraction of sp³-hybridized carbons (Fsp3) is 0.364. The van der Waals surface area contributed by atoms with E-state index in [0.29, 0.717) is 11.9 Å². The first-order valence-corrected chi connectivity index (χ1v) is 10.1. The van der Waals surface area contributed by atoms with Crippen LogP contribution in [0, 0.1) is 0 Å². The Hall–Kier alpha value is -3.22. The molecule has 1 fully saturated rings. The van der Waals surface area contributed by atoms with E-state index in [9.17, 15) is 0 Å². The van der Waals surface area contributed by atoms with Gasteiger partial charge in [0.2, 0.25) is 5.90 Å². The monoisotopic (exact) mass is 389 g/mol. The van der Waals surface area contributed by atoms with Crippen LogP contribution in [0.3, 0.4) is 0 Å². The van der Waals surface area contributed by atoms with Crippen LogP contribution >= 0.6 is 0 Å². The number of para-hydroxylation sites is 1. The predicted octanol–water partition coefficient (Wildman–Crippen LogP) is 4.38. The number of rotatable bonds is 4. The summed E-state index contributed by atoms with van der Waals surface area (Å²) in [6.45, 7) is 0. The third-order valence-corrected chi connectivity index (χ3v) is 5.68. The molecule has 2 heterocycles. The van der Waals surface area contributed by atoms with E-state index in [2.05, 4.69) is 15.5 Å². The van der Waals surface area contributed by atoms with Gasteiger partial charge in [-0.15, -0.1) is 5.10 Å². The summed E-state index contributed by atoms with van der Waals surface area (Å²) < 4.78 is 13.6. The lowest BCUT2D eigenvalue weighted by Gasteiger charge is -2.28. The Kier molecular flexibility index (Phi) is 4.71. The molecule has 1 aliphatic heterocycles. The second-order valence-electron chi connectivity index (χ2n) is 7.48. The van der Waals surface area contributed by atoms with Gasteiger partial charge in [0.15, 0.2) is 11.9 Å². The Bertz CT molecular complexity index is 1020. The molecule has 2 aromatic carbocycles. The molecule has 0 amide bonds. The van der Waals surface area contributed by atoms with E-state index >= 15 is 0 Å². The highest BCUT2D eigenvalue weighted by Gasteiger charge is 2.32. The van der Waals surface area contributed by atoms with Gasteiger partial charge < -0.3 is 9.47 Å². The predicted molar refractivity (Wildman–Crippen MR) is 109 cm³/mol. The van der Waals surface area contributed by atoms with Crippen LogP contribution in [0.4, 0.5) is 5.69 Å². The number of nitrogens with zero attached hydrogens (tertiary/aromatic N) is 5. The second-order valence-corrected chi connectivity index (χ2v) is 7.48. The van der Waals surface area contributed by atoms with Crippen molar-refractivity contribution in [3.05, 3.63) is 65.5 Å². The number of ether oxygens (including phenoxy) is 2. The van der Waals surface area contributed by atoms with Gasteiger partial charge in [-0.25, -0.2) is 9.67 Å². The molecule has 0 spiro atoms. The van der Waals surface area contributed by atoms with Gasteiger partial charge in [0.25, 0.3) is 0 Å². The van der Waals surface area contributed by atoms with E-state index in [1.807, 2.05) is 53.2 Å². The molecule has 1 aromatic heterocycles. The zero-order valence-electron chi connectivity index (χ0n) is 16.4. The van der Waals surface area contributed by atoms with E-state index < -0.39 is 6.10 Å². The van der Waals surface area contributed by atoms with Gasteiger partial charge in [-0.2, -0.15) is 0 Å². The average Bonchev–Trinajstić information content (AvgIpc) is 3.29. The number of aromatic nitrogens is 4. The summed E-state index contributed by atoms with van der Waals surface area (Å²) in [5, 5.41) is 12.7. The Morgan fingerprint density at radius 2 is 1.79 bits per heavy atom. The molecule has 0 saturated heterocycles. The minimum atomic E-state index is -0.391. The highest BCUT2D eigenvalue weighted by molar-refractivity contribution is 5.97. The lowest BCUT2D eigenvalue weighted by Crippen LogP contribution is -2.24. The molecule has 1 atom stereocenters. The molecule has 5 rings (SSSR count). The number of benzene rings is 2. The molecular formula is C22H23N5O2. The summed E-state index contributed by atoms with van der Waals surface area (Å²) in [6, 6.07) is 16.1. The largest absolute Gasteiger partial charge is 0.497 e. The number of methoxy groups -OCH3 is 1. The van der Waals surface area contributed by atoms with E-state index in [1.165, 1.54) is 19.3 Å². The number of hydrogen-bond acceptors (Lipinski definition) is 6. The minimum absolute atomic E-state index is 0.327. The third-order valence-electron chi connectivity index (χ3n) is 5.68. The van der Waals surface area contributed by atoms with Gasteiger partial charge in [-0.3, -0.25) is 0 Å². The Labute approximate surface area is 169 Å². The summed E-state index contributed by atoms with van der Waals surface area (Å²) in [6.07, 6.45) is 5.52. The SMILES string of the molecule is COc1ccc(C2=Nc3ccccc3C(c3nnnn3C3CCCCC3)O2)cc1. The maximum atomic E-state index is 6.39. The van der Waals surface area contributed by atoms with Crippen LogP contribution in [0.15, 0.2) is 53.5 Å². The zero-order chi connectivity index (χ0) is 19.6. The van der Waals surface area contributed by atoms with Crippen molar-refractivity contribution in [2.75, 3.05) is 7.11 Å². The maximum absolute atomic E-state index is 6.39. The van der Waals surface area contributed by atoms with Gasteiger partial charge >= 0.3 is 0 Å². The van der Waals surface area contributed by atoms with E-state index in [1.54, 1.807) is 7.11 Å². The van der Waals surface area contributed by atoms with Crippen molar-refractivity contribution >= 4 is 11.6 Å². The summed E-state index contributed by atoms with van der Waals surface area (Å²) in [5.74, 6) is 2.10. The minimum Gasteiger partial charge on any atom is -0.497 e. The van der Waals surface area contributed by atoms with Crippen LogP contribution in [0.5, 0.6) is 5.75 Å². The van der Waals surface area contributed by atoms with Gasteiger partial charge in [0, 0.05) is 11.1 Å². The van der Waals surface area contributed by atoms with Crippen LogP contribution in [-0.4, -0.2) is 33.2 Å². The molecule has 0 bridgehead atoms. The van der Waals surface area contributed by atoms with Crippen molar-refractivity contribution in [1.82, 2.24) is 20.2 Å². The summed E-state index contributed by atoms with van der Waals surface area (Å²) in [4.78, 5) is 4.75. The van der Waals surface area contributed by atoms with E-state index in [-0.39, 0.29) is 0 Å². The van der Waals surface area contributed by atoms with Crippen molar-refractivity contribution in [2.24, 2.45) is 4.99 Å². The van der Waals surface area contributed by atoms with Crippen molar-refractivity contribution in [3.8, 4) is 5.75 Å². The summed E-state index contributed by atoms with van der Waals surface area (Å²) in [7, 11) is 1.65. The summed E-state index contributed by atoms with van der Waals surface area (Å²) in [5.41, 5.74) is 2.76. The molecule has 0 N–H and O–H groups in total. The molecule has 29 heavy (non-hydrogen) atoms. The van der Waals surface area contributed by atoms with Gasteiger partial charge in [-0.1, -0.05) is 37.5 Å². The van der Waals surface area contributed by atoms with Crippen LogP contribution in [0.1, 0.15) is 61.2 Å². The molecule has 1 aliphatic carbocycles. The number of hydrogen-bond donors (Lipinski definition) is 0. The Balaban J connectivity index is 1.54. The standard InChI is InChI=1S/C22H23N5O2/c1-28-17-13-11-15(12-14-17)22-23-19-10-6-5-9-18(19)20(29-22)21-24-25-26-27(21)16-7-3-2-4-8-16/h5-6,9-14,16,20H,2-4,7-8H2,1H3. The van der Waals surface area contributed by atoms with Crippen LogP contribution in [0.2, 0.25) is 0 Å². The smallest absolute Gasteiger partial charge is 0.222 e. The zero-order valence-corrected chi connectivity index (χ0v) is 16.4. The van der Waals surface area contributed by atoms with Crippen LogP contribution in [0.25, 0.3) is 0 Å². The first-order chi connectivity index (χ1) is 14.3. The lowest BCUT2D eigenvalue weighted by molar-refractivity contribution is 0.200. The van der Waals surface area contributed by atoms with Gasteiger partial charge in [-0.05, 0) is 53.6 Å². The van der Waals surface area contributed by atoms with Crippen LogP contribution < -0.4 is 4.74 Å². The molecule has 3 aromatic rings. The first-order valence-electron chi connectivity index (χ1n) is 10.1. The molecule has 1 unspecified atom stereocenters. The molecule has 2 aliphatic rings. The molecule has 0 radical (unpaired) electrons. The highest BCUT2D eigenvalue weighted by Crippen LogP contribution is 2.39. The maximum Gasteiger partial charge on any atom is 0.222 e. The average molecular weight is 389 g/mol.